The third-order valence-corrected chi connectivity index (χ3v) is 5.73. The normalized spacial score (nSPS) is 16.3. The number of nitro benzene ring substituents is 1. The van der Waals surface area contributed by atoms with Crippen LogP contribution in [0.5, 0.6) is 0 Å². The number of rotatable bonds is 9. The molecule has 1 fully saturated rings. The maximum Gasteiger partial charge on any atom is 0.279 e. The molecule has 0 spiro atoms. The topological polar surface area (TPSA) is 105 Å². The molecule has 23 heavy (non-hydrogen) atoms. The van der Waals surface area contributed by atoms with E-state index in [-0.39, 0.29) is 18.3 Å². The average Bonchev–Trinajstić information content (AvgIpc) is 3.35. The van der Waals surface area contributed by atoms with Gasteiger partial charge in [0, 0.05) is 44.0 Å². The molecule has 1 aliphatic rings. The predicted octanol–water partition coefficient (Wildman–Crippen LogP) is 1.57. The maximum atomic E-state index is 12.1. The lowest BCUT2D eigenvalue weighted by atomic mass is 10.2. The number of benzene rings is 1. The molecule has 8 nitrogen and oxygen atoms in total. The first-order valence-electron chi connectivity index (χ1n) is 7.52. The highest BCUT2D eigenvalue weighted by Gasteiger charge is 2.35. The summed E-state index contributed by atoms with van der Waals surface area (Å²) in [6, 6.07) is 5.99. The van der Waals surface area contributed by atoms with Gasteiger partial charge < -0.3 is 5.32 Å². The first-order valence-corrected chi connectivity index (χ1v) is 8.96. The van der Waals surface area contributed by atoms with Crippen molar-refractivity contribution in [3.8, 4) is 0 Å². The summed E-state index contributed by atoms with van der Waals surface area (Å²) in [5, 5.41) is 13.6. The molecule has 0 saturated heterocycles. The zero-order chi connectivity index (χ0) is 17.0. The van der Waals surface area contributed by atoms with Crippen LogP contribution in [0.25, 0.3) is 0 Å². The minimum atomic E-state index is -3.48. The van der Waals surface area contributed by atoms with Crippen LogP contribution in [0.15, 0.2) is 24.3 Å². The predicted molar refractivity (Wildman–Crippen MR) is 88.5 cm³/mol. The third-order valence-electron chi connectivity index (χ3n) is 4.07. The van der Waals surface area contributed by atoms with Gasteiger partial charge in [0.2, 0.25) is 0 Å². The summed E-state index contributed by atoms with van der Waals surface area (Å²) in [6.45, 7) is 2.55. The van der Waals surface area contributed by atoms with E-state index in [2.05, 4.69) is 10.0 Å². The molecule has 0 aliphatic heterocycles. The molecule has 2 rings (SSSR count). The zero-order valence-electron chi connectivity index (χ0n) is 13.2. The van der Waals surface area contributed by atoms with Crippen molar-refractivity contribution in [1.82, 2.24) is 9.03 Å². The Morgan fingerprint density at radius 1 is 1.30 bits per heavy atom. The number of hydrogen-bond acceptors (Lipinski definition) is 5. The molecule has 1 saturated carbocycles. The van der Waals surface area contributed by atoms with Crippen LogP contribution >= 0.6 is 0 Å². The van der Waals surface area contributed by atoms with Gasteiger partial charge in [-0.2, -0.15) is 12.7 Å². The van der Waals surface area contributed by atoms with E-state index in [1.54, 1.807) is 19.2 Å². The molecule has 0 radical (unpaired) electrons. The third kappa shape index (κ3) is 4.88. The Kier molecular flexibility index (Phi) is 5.55. The van der Waals surface area contributed by atoms with Crippen LogP contribution in [0.2, 0.25) is 0 Å². The van der Waals surface area contributed by atoms with Gasteiger partial charge in [-0.25, -0.2) is 4.72 Å². The van der Waals surface area contributed by atoms with Crippen LogP contribution in [0.3, 0.4) is 0 Å². The quantitative estimate of drug-likeness (QED) is 0.403. The Bertz CT molecular complexity index is 643. The van der Waals surface area contributed by atoms with E-state index in [4.69, 9.17) is 0 Å². The second-order valence-corrected chi connectivity index (χ2v) is 7.54. The van der Waals surface area contributed by atoms with Crippen LogP contribution < -0.4 is 10.0 Å². The average molecular weight is 342 g/mol. The summed E-state index contributed by atoms with van der Waals surface area (Å²) in [5.74, 6) is 0.467. The molecule has 1 aromatic carbocycles. The van der Waals surface area contributed by atoms with Gasteiger partial charge in [-0.15, -0.1) is 0 Å². The van der Waals surface area contributed by atoms with Crippen molar-refractivity contribution in [1.29, 1.82) is 0 Å². The Hall–Kier alpha value is -1.71. The van der Waals surface area contributed by atoms with Crippen LogP contribution in [-0.4, -0.2) is 43.8 Å². The standard InChI is InChI=1S/C14H22N4O4S/c1-11(12-3-4-12)17(2)23(21,22)16-10-9-15-13-5-7-14(8-6-13)18(19)20/h5-8,11-12,15-16H,3-4,9-10H2,1-2H3/t11-/m1/s1. The Morgan fingerprint density at radius 2 is 1.91 bits per heavy atom. The molecule has 1 atom stereocenters. The van der Waals surface area contributed by atoms with Crippen molar-refractivity contribution >= 4 is 21.6 Å². The molecule has 1 aliphatic carbocycles. The van der Waals surface area contributed by atoms with Gasteiger partial charge in [-0.1, -0.05) is 0 Å². The van der Waals surface area contributed by atoms with Crippen molar-refractivity contribution in [3.63, 3.8) is 0 Å². The molecule has 2 N–H and O–H groups in total. The highest BCUT2D eigenvalue weighted by atomic mass is 32.2. The van der Waals surface area contributed by atoms with Crippen LogP contribution in [0.4, 0.5) is 11.4 Å². The Morgan fingerprint density at radius 3 is 2.43 bits per heavy atom. The monoisotopic (exact) mass is 342 g/mol. The van der Waals surface area contributed by atoms with Crippen LogP contribution in [0, 0.1) is 16.0 Å². The summed E-state index contributed by atoms with van der Waals surface area (Å²) in [5.41, 5.74) is 0.724. The van der Waals surface area contributed by atoms with Gasteiger partial charge >= 0.3 is 0 Å². The number of anilines is 1. The minimum Gasteiger partial charge on any atom is -0.384 e. The van der Waals surface area contributed by atoms with Crippen LogP contribution in [-0.2, 0) is 10.2 Å². The van der Waals surface area contributed by atoms with Gasteiger partial charge in [-0.05, 0) is 37.8 Å². The summed E-state index contributed by atoms with van der Waals surface area (Å²) in [7, 11) is -1.89. The summed E-state index contributed by atoms with van der Waals surface area (Å²) < 4.78 is 28.2. The highest BCUT2D eigenvalue weighted by Crippen LogP contribution is 2.35. The molecule has 128 valence electrons. The first-order chi connectivity index (χ1) is 10.8. The first kappa shape index (κ1) is 17.6. The maximum absolute atomic E-state index is 12.1. The van der Waals surface area contributed by atoms with Gasteiger partial charge in [0.1, 0.15) is 0 Å². The minimum absolute atomic E-state index is 0.00938. The Labute approximate surface area is 136 Å². The number of nitro groups is 1. The van der Waals surface area contributed by atoms with E-state index in [0.29, 0.717) is 18.2 Å². The summed E-state index contributed by atoms with van der Waals surface area (Å²) in [6.07, 6.45) is 2.17. The second-order valence-electron chi connectivity index (χ2n) is 5.72. The number of nitrogens with zero attached hydrogens (tertiary/aromatic N) is 2. The molecule has 1 aromatic rings. The second kappa shape index (κ2) is 7.24. The van der Waals surface area contributed by atoms with Crippen molar-refractivity contribution < 1.29 is 13.3 Å². The van der Waals surface area contributed by atoms with Gasteiger partial charge in [0.25, 0.3) is 15.9 Å². The Balaban J connectivity index is 1.76. The zero-order valence-corrected chi connectivity index (χ0v) is 14.0. The van der Waals surface area contributed by atoms with E-state index < -0.39 is 15.1 Å². The lowest BCUT2D eigenvalue weighted by molar-refractivity contribution is -0.384. The number of non-ortho nitro benzene ring substituents is 1. The lowest BCUT2D eigenvalue weighted by Crippen LogP contribution is -2.45. The van der Waals surface area contributed by atoms with E-state index in [9.17, 15) is 18.5 Å². The van der Waals surface area contributed by atoms with Crippen molar-refractivity contribution in [2.45, 2.75) is 25.8 Å². The largest absolute Gasteiger partial charge is 0.384 e. The fourth-order valence-electron chi connectivity index (χ4n) is 2.28. The number of hydrogen-bond donors (Lipinski definition) is 2. The number of nitrogens with one attached hydrogen (secondary N) is 2. The summed E-state index contributed by atoms with van der Waals surface area (Å²) >= 11 is 0. The van der Waals surface area contributed by atoms with E-state index in [1.807, 2.05) is 6.92 Å². The molecular weight excluding hydrogens is 320 g/mol. The van der Waals surface area contributed by atoms with Crippen LogP contribution in [0.1, 0.15) is 19.8 Å². The van der Waals surface area contributed by atoms with Crippen molar-refractivity contribution in [2.75, 3.05) is 25.5 Å². The fourth-order valence-corrected chi connectivity index (χ4v) is 3.46. The van der Waals surface area contributed by atoms with Crippen molar-refractivity contribution in [2.24, 2.45) is 5.92 Å². The van der Waals surface area contributed by atoms with E-state index >= 15 is 0 Å². The van der Waals surface area contributed by atoms with Crippen molar-refractivity contribution in [3.05, 3.63) is 34.4 Å². The molecular formula is C14H22N4O4S. The fraction of sp³-hybridized carbons (Fsp3) is 0.571. The van der Waals surface area contributed by atoms with E-state index in [0.717, 1.165) is 12.8 Å². The highest BCUT2D eigenvalue weighted by molar-refractivity contribution is 7.87. The van der Waals surface area contributed by atoms with Gasteiger partial charge in [0.05, 0.1) is 4.92 Å². The molecule has 0 aromatic heterocycles. The molecule has 0 unspecified atom stereocenters. The lowest BCUT2D eigenvalue weighted by Gasteiger charge is -2.24. The molecule has 0 bridgehead atoms. The van der Waals surface area contributed by atoms with E-state index in [1.165, 1.54) is 16.4 Å². The molecule has 0 heterocycles. The van der Waals surface area contributed by atoms with Gasteiger partial charge in [-0.3, -0.25) is 10.1 Å². The molecule has 0 amide bonds. The summed E-state index contributed by atoms with van der Waals surface area (Å²) in [4.78, 5) is 10.1. The smallest absolute Gasteiger partial charge is 0.279 e. The SMILES string of the molecule is C[C@H](C1CC1)N(C)S(=O)(=O)NCCNc1ccc([N+](=O)[O-])cc1. The van der Waals surface area contributed by atoms with Gasteiger partial charge in [0.15, 0.2) is 0 Å². The molecule has 9 heteroatoms.